The minimum atomic E-state index is 0.697. The lowest BCUT2D eigenvalue weighted by atomic mass is 10.2. The van der Waals surface area contributed by atoms with E-state index in [1.807, 2.05) is 24.3 Å². The number of aromatic nitrogens is 2. The monoisotopic (exact) mass is 243 g/mol. The molecule has 0 aliphatic rings. The van der Waals surface area contributed by atoms with Crippen LogP contribution in [-0.4, -0.2) is 10.2 Å². The van der Waals surface area contributed by atoms with Crippen molar-refractivity contribution in [1.29, 1.82) is 0 Å². The Labute approximate surface area is 104 Å². The number of nitrogens with zero attached hydrogens (tertiary/aromatic N) is 2. The molecule has 2 aromatic heterocycles. The highest BCUT2D eigenvalue weighted by atomic mass is 16.5. The molecular formula is C14H15N2O2+. The highest BCUT2D eigenvalue weighted by Gasteiger charge is 2.17. The van der Waals surface area contributed by atoms with Crippen molar-refractivity contribution < 1.29 is 14.4 Å². The van der Waals surface area contributed by atoms with Gasteiger partial charge in [0, 0.05) is 17.2 Å². The lowest BCUT2D eigenvalue weighted by Gasteiger charge is -1.93. The third-order valence-corrected chi connectivity index (χ3v) is 3.08. The Morgan fingerprint density at radius 3 is 3.00 bits per heavy atom. The van der Waals surface area contributed by atoms with Crippen LogP contribution in [0.1, 0.15) is 25.7 Å². The van der Waals surface area contributed by atoms with Crippen LogP contribution < -0.4 is 4.73 Å². The molecule has 0 aliphatic heterocycles. The van der Waals surface area contributed by atoms with Crippen LogP contribution in [0.2, 0.25) is 0 Å². The van der Waals surface area contributed by atoms with Gasteiger partial charge >= 0.3 is 0 Å². The Balaban J connectivity index is 2.23. The Morgan fingerprint density at radius 1 is 1.33 bits per heavy atom. The van der Waals surface area contributed by atoms with Crippen LogP contribution in [0.4, 0.5) is 0 Å². The molecule has 0 bridgehead atoms. The van der Waals surface area contributed by atoms with E-state index in [-0.39, 0.29) is 0 Å². The lowest BCUT2D eigenvalue weighted by molar-refractivity contribution is -0.883. The first kappa shape index (κ1) is 11.0. The number of para-hydroxylation sites is 1. The zero-order chi connectivity index (χ0) is 12.5. The Bertz CT molecular complexity index is 703. The molecule has 4 nitrogen and oxygen atoms in total. The molecule has 0 fully saturated rings. The van der Waals surface area contributed by atoms with Gasteiger partial charge in [-0.15, -0.1) is 0 Å². The van der Waals surface area contributed by atoms with Crippen LogP contribution >= 0.6 is 0 Å². The largest absolute Gasteiger partial charge is 0.440 e. The molecular weight excluding hydrogens is 228 g/mol. The van der Waals surface area contributed by atoms with Gasteiger partial charge in [0.25, 0.3) is 11.7 Å². The van der Waals surface area contributed by atoms with Gasteiger partial charge in [0.2, 0.25) is 0 Å². The van der Waals surface area contributed by atoms with Crippen molar-refractivity contribution in [2.45, 2.75) is 26.2 Å². The number of benzene rings is 1. The first-order valence-electron chi connectivity index (χ1n) is 6.21. The normalized spacial score (nSPS) is 11.4. The van der Waals surface area contributed by atoms with Gasteiger partial charge in [-0.3, -0.25) is 5.21 Å². The van der Waals surface area contributed by atoms with E-state index in [2.05, 4.69) is 11.9 Å². The molecule has 0 saturated heterocycles. The molecule has 0 radical (unpaired) electrons. The van der Waals surface area contributed by atoms with Crippen LogP contribution in [-0.2, 0) is 6.42 Å². The summed E-state index contributed by atoms with van der Waals surface area (Å²) < 4.78 is 6.90. The van der Waals surface area contributed by atoms with Crippen molar-refractivity contribution in [3.63, 3.8) is 0 Å². The van der Waals surface area contributed by atoms with E-state index in [4.69, 9.17) is 4.42 Å². The van der Waals surface area contributed by atoms with Gasteiger partial charge in [-0.25, -0.2) is 4.98 Å². The van der Waals surface area contributed by atoms with Crippen LogP contribution in [0.15, 0.2) is 34.9 Å². The zero-order valence-corrected chi connectivity index (χ0v) is 10.3. The number of pyridine rings is 1. The van der Waals surface area contributed by atoms with Gasteiger partial charge in [-0.05, 0) is 12.5 Å². The minimum absolute atomic E-state index is 0.697. The molecule has 0 aliphatic carbocycles. The Morgan fingerprint density at radius 2 is 2.17 bits per heavy atom. The van der Waals surface area contributed by atoms with E-state index in [0.29, 0.717) is 5.52 Å². The van der Waals surface area contributed by atoms with Crippen molar-refractivity contribution in [2.75, 3.05) is 0 Å². The second-order valence-electron chi connectivity index (χ2n) is 4.42. The van der Waals surface area contributed by atoms with Gasteiger partial charge in [-0.1, -0.05) is 25.5 Å². The molecule has 92 valence electrons. The van der Waals surface area contributed by atoms with Gasteiger partial charge < -0.3 is 4.42 Å². The summed E-state index contributed by atoms with van der Waals surface area (Å²) in [6, 6.07) is 7.59. The van der Waals surface area contributed by atoms with Gasteiger partial charge in [0.15, 0.2) is 17.0 Å². The molecule has 4 heteroatoms. The highest BCUT2D eigenvalue weighted by Crippen LogP contribution is 2.23. The van der Waals surface area contributed by atoms with E-state index in [9.17, 15) is 5.21 Å². The molecule has 0 amide bonds. The van der Waals surface area contributed by atoms with E-state index >= 15 is 0 Å². The molecule has 3 aromatic rings. The summed E-state index contributed by atoms with van der Waals surface area (Å²) in [5, 5.41) is 10.8. The summed E-state index contributed by atoms with van der Waals surface area (Å²) in [5.41, 5.74) is 2.17. The third-order valence-electron chi connectivity index (χ3n) is 3.08. The van der Waals surface area contributed by atoms with Crippen LogP contribution in [0, 0.1) is 0 Å². The summed E-state index contributed by atoms with van der Waals surface area (Å²) in [5.74, 6) is 0.739. The quantitative estimate of drug-likeness (QED) is 0.568. The maximum Gasteiger partial charge on any atom is 0.268 e. The smallest absolute Gasteiger partial charge is 0.268 e. The number of oxazole rings is 1. The number of unbranched alkanes of at least 4 members (excludes halogenated alkanes) is 1. The fourth-order valence-corrected chi connectivity index (χ4v) is 2.14. The Hall–Kier alpha value is -2.10. The van der Waals surface area contributed by atoms with Crippen molar-refractivity contribution in [3.8, 4) is 0 Å². The molecule has 0 unspecified atom stereocenters. The van der Waals surface area contributed by atoms with E-state index in [0.717, 1.165) is 46.4 Å². The average molecular weight is 243 g/mol. The molecule has 3 rings (SSSR count). The zero-order valence-electron chi connectivity index (χ0n) is 10.3. The minimum Gasteiger partial charge on any atom is -0.440 e. The summed E-state index contributed by atoms with van der Waals surface area (Å²) in [4.78, 5) is 4.41. The molecule has 18 heavy (non-hydrogen) atoms. The number of hydrogen-bond donors (Lipinski definition) is 1. The standard InChI is InChI=1S/C14H15N2O2/c1-2-3-8-13-15-11-9-16(17)12-7-5-4-6-10(12)14(11)18-13/h4-7,9,17H,2-3,8H2,1H3/q+1. The van der Waals surface area contributed by atoms with Crippen molar-refractivity contribution >= 4 is 22.0 Å². The second kappa shape index (κ2) is 4.29. The van der Waals surface area contributed by atoms with E-state index in [1.165, 1.54) is 0 Å². The summed E-state index contributed by atoms with van der Waals surface area (Å²) in [6.45, 7) is 2.14. The average Bonchev–Trinajstić information content (AvgIpc) is 2.80. The number of fused-ring (bicyclic) bond motifs is 3. The number of rotatable bonds is 3. The SMILES string of the molecule is CCCCc1nc2c[n+](O)c3ccccc3c2o1. The fraction of sp³-hybridized carbons (Fsp3) is 0.286. The predicted molar refractivity (Wildman–Crippen MR) is 67.5 cm³/mol. The van der Waals surface area contributed by atoms with Gasteiger partial charge in [-0.2, -0.15) is 0 Å². The molecule has 1 aromatic carbocycles. The first-order chi connectivity index (χ1) is 8.79. The van der Waals surface area contributed by atoms with Crippen LogP contribution in [0.25, 0.3) is 22.0 Å². The molecule has 0 spiro atoms. The van der Waals surface area contributed by atoms with Crippen LogP contribution in [0.5, 0.6) is 0 Å². The van der Waals surface area contributed by atoms with Gasteiger partial charge in [0.1, 0.15) is 0 Å². The fourth-order valence-electron chi connectivity index (χ4n) is 2.14. The third kappa shape index (κ3) is 1.70. The molecule has 1 N–H and O–H groups in total. The summed E-state index contributed by atoms with van der Waals surface area (Å²) in [7, 11) is 0. The molecule has 2 heterocycles. The van der Waals surface area contributed by atoms with Crippen molar-refractivity contribution in [2.24, 2.45) is 0 Å². The topological polar surface area (TPSA) is 50.1 Å². The molecule has 0 atom stereocenters. The summed E-state index contributed by atoms with van der Waals surface area (Å²) in [6.07, 6.45) is 4.60. The highest BCUT2D eigenvalue weighted by molar-refractivity contribution is 5.98. The first-order valence-corrected chi connectivity index (χ1v) is 6.21. The van der Waals surface area contributed by atoms with Crippen molar-refractivity contribution in [3.05, 3.63) is 36.4 Å². The number of hydrogen-bond acceptors (Lipinski definition) is 3. The van der Waals surface area contributed by atoms with Gasteiger partial charge in [0.05, 0.1) is 5.39 Å². The predicted octanol–water partition coefficient (Wildman–Crippen LogP) is 2.85. The van der Waals surface area contributed by atoms with E-state index in [1.54, 1.807) is 6.20 Å². The summed E-state index contributed by atoms with van der Waals surface area (Å²) >= 11 is 0. The van der Waals surface area contributed by atoms with Crippen LogP contribution in [0.3, 0.4) is 0 Å². The lowest BCUT2D eigenvalue weighted by Crippen LogP contribution is -2.30. The maximum absolute atomic E-state index is 9.89. The van der Waals surface area contributed by atoms with Crippen molar-refractivity contribution in [1.82, 2.24) is 4.98 Å². The Kier molecular flexibility index (Phi) is 2.63. The molecule has 0 saturated carbocycles. The second-order valence-corrected chi connectivity index (χ2v) is 4.42. The number of aryl methyl sites for hydroxylation is 1. The van der Waals surface area contributed by atoms with E-state index < -0.39 is 0 Å². The maximum atomic E-state index is 9.89.